The van der Waals surface area contributed by atoms with Gasteiger partial charge in [0.2, 0.25) is 0 Å². The van der Waals surface area contributed by atoms with Gasteiger partial charge in [0.15, 0.2) is 0 Å². The number of anilines is 1. The Morgan fingerprint density at radius 3 is 2.30 bits per heavy atom. The lowest BCUT2D eigenvalue weighted by Crippen LogP contribution is -2.43. The highest BCUT2D eigenvalue weighted by molar-refractivity contribution is 5.97. The molecule has 4 heteroatoms. The highest BCUT2D eigenvalue weighted by Crippen LogP contribution is 2.22. The molecule has 0 saturated carbocycles. The van der Waals surface area contributed by atoms with E-state index in [1.807, 2.05) is 38.1 Å². The summed E-state index contributed by atoms with van der Waals surface area (Å²) in [4.78, 5) is 12.6. The van der Waals surface area contributed by atoms with Crippen molar-refractivity contribution in [3.63, 3.8) is 0 Å². The van der Waals surface area contributed by atoms with Crippen LogP contribution in [0.1, 0.15) is 59.8 Å². The molecule has 0 heterocycles. The summed E-state index contributed by atoms with van der Waals surface area (Å²) in [6.45, 7) is 9.42. The van der Waals surface area contributed by atoms with Gasteiger partial charge in [0, 0.05) is 12.3 Å². The Bertz CT molecular complexity index is 458. The fourth-order valence-electron chi connectivity index (χ4n) is 2.29. The number of ether oxygens (including phenoxy) is 2. The molecule has 0 bridgehead atoms. The van der Waals surface area contributed by atoms with Crippen LogP contribution in [0.2, 0.25) is 0 Å². The minimum atomic E-state index is -0.777. The quantitative estimate of drug-likeness (QED) is 0.596. The maximum Gasteiger partial charge on any atom is 0.256 e. The van der Waals surface area contributed by atoms with Gasteiger partial charge in [-0.2, -0.15) is 0 Å². The molecule has 1 aromatic carbocycles. The molecule has 0 aliphatic carbocycles. The van der Waals surface area contributed by atoms with Crippen LogP contribution >= 0.6 is 0 Å². The van der Waals surface area contributed by atoms with E-state index in [0.717, 1.165) is 43.7 Å². The van der Waals surface area contributed by atoms with Crippen LogP contribution in [0.3, 0.4) is 0 Å². The van der Waals surface area contributed by atoms with Crippen LogP contribution in [0.4, 0.5) is 5.69 Å². The topological polar surface area (TPSA) is 47.6 Å². The summed E-state index contributed by atoms with van der Waals surface area (Å²) in [5.41, 5.74) is -0.0126. The molecule has 0 fully saturated rings. The zero-order chi connectivity index (χ0) is 17.1. The van der Waals surface area contributed by atoms with Crippen LogP contribution in [0.15, 0.2) is 24.3 Å². The number of nitrogens with one attached hydrogen (secondary N) is 1. The highest BCUT2D eigenvalue weighted by atomic mass is 16.5. The molecule has 0 saturated heterocycles. The molecular formula is C19H31NO3. The first-order valence-corrected chi connectivity index (χ1v) is 8.74. The predicted molar refractivity (Wildman–Crippen MR) is 95.0 cm³/mol. The molecule has 1 atom stereocenters. The van der Waals surface area contributed by atoms with Crippen LogP contribution in [0.25, 0.3) is 0 Å². The van der Waals surface area contributed by atoms with Crippen LogP contribution in [0, 0.1) is 0 Å². The third-order valence-corrected chi connectivity index (χ3v) is 3.71. The van der Waals surface area contributed by atoms with Gasteiger partial charge in [0.05, 0.1) is 6.61 Å². The second-order valence-electron chi connectivity index (χ2n) is 6.01. The van der Waals surface area contributed by atoms with Crippen LogP contribution in [-0.4, -0.2) is 24.7 Å². The van der Waals surface area contributed by atoms with E-state index in [9.17, 15) is 4.79 Å². The molecular weight excluding hydrogens is 290 g/mol. The van der Waals surface area contributed by atoms with Crippen molar-refractivity contribution in [2.24, 2.45) is 0 Å². The molecule has 23 heavy (non-hydrogen) atoms. The lowest BCUT2D eigenvalue weighted by Gasteiger charge is -2.28. The molecule has 0 aliphatic heterocycles. The van der Waals surface area contributed by atoms with Crippen molar-refractivity contribution in [1.82, 2.24) is 0 Å². The molecule has 4 nitrogen and oxygen atoms in total. The van der Waals surface area contributed by atoms with Crippen molar-refractivity contribution in [1.29, 1.82) is 0 Å². The van der Waals surface area contributed by atoms with E-state index >= 15 is 0 Å². The van der Waals surface area contributed by atoms with Gasteiger partial charge in [-0.05, 0) is 50.5 Å². The maximum atomic E-state index is 12.6. The van der Waals surface area contributed by atoms with Crippen LogP contribution < -0.4 is 10.1 Å². The number of carbonyl (C=O) groups excluding carboxylic acids is 1. The standard InChI is InChI=1S/C19H31NO3/c1-5-8-15-22-17-11-9-16(10-12-17)20-18(21)19(4,13-6-2)23-14-7-3/h9-12H,5-8,13-15H2,1-4H3,(H,20,21)/t19-/m0/s1. The fraction of sp³-hybridized carbons (Fsp3) is 0.632. The minimum Gasteiger partial charge on any atom is -0.494 e. The predicted octanol–water partition coefficient (Wildman–Crippen LogP) is 4.79. The van der Waals surface area contributed by atoms with E-state index in [-0.39, 0.29) is 5.91 Å². The zero-order valence-electron chi connectivity index (χ0n) is 15.0. The third-order valence-electron chi connectivity index (χ3n) is 3.71. The minimum absolute atomic E-state index is 0.0903. The van der Waals surface area contributed by atoms with E-state index in [4.69, 9.17) is 9.47 Å². The van der Waals surface area contributed by atoms with E-state index < -0.39 is 5.60 Å². The van der Waals surface area contributed by atoms with Gasteiger partial charge >= 0.3 is 0 Å². The molecule has 130 valence electrons. The number of hydrogen-bond donors (Lipinski definition) is 1. The Hall–Kier alpha value is -1.55. The summed E-state index contributed by atoms with van der Waals surface area (Å²) in [5, 5.41) is 2.95. The lowest BCUT2D eigenvalue weighted by molar-refractivity contribution is -0.140. The average molecular weight is 321 g/mol. The van der Waals surface area contributed by atoms with Crippen molar-refractivity contribution in [2.75, 3.05) is 18.5 Å². The molecule has 1 N–H and O–H groups in total. The first-order chi connectivity index (χ1) is 11.1. The monoisotopic (exact) mass is 321 g/mol. The Balaban J connectivity index is 2.63. The Morgan fingerprint density at radius 1 is 1.04 bits per heavy atom. The maximum absolute atomic E-state index is 12.6. The second kappa shape index (κ2) is 10.3. The first-order valence-electron chi connectivity index (χ1n) is 8.74. The third kappa shape index (κ3) is 6.61. The van der Waals surface area contributed by atoms with E-state index in [1.54, 1.807) is 0 Å². The normalized spacial score (nSPS) is 13.4. The number of unbranched alkanes of at least 4 members (excludes halogenated alkanes) is 1. The van der Waals surface area contributed by atoms with Gasteiger partial charge in [-0.25, -0.2) is 0 Å². The number of benzene rings is 1. The van der Waals surface area contributed by atoms with E-state index in [0.29, 0.717) is 13.0 Å². The first kappa shape index (κ1) is 19.5. The summed E-state index contributed by atoms with van der Waals surface area (Å²) < 4.78 is 11.4. The van der Waals surface area contributed by atoms with Crippen LogP contribution in [-0.2, 0) is 9.53 Å². The number of hydrogen-bond acceptors (Lipinski definition) is 3. The van der Waals surface area contributed by atoms with Gasteiger partial charge in [0.25, 0.3) is 5.91 Å². The molecule has 0 unspecified atom stereocenters. The highest BCUT2D eigenvalue weighted by Gasteiger charge is 2.33. The Labute approximate surface area is 140 Å². The summed E-state index contributed by atoms with van der Waals surface area (Å²) in [6.07, 6.45) is 4.66. The molecule has 0 aliphatic rings. The summed E-state index contributed by atoms with van der Waals surface area (Å²) in [5.74, 6) is 0.738. The molecule has 1 aromatic rings. The van der Waals surface area contributed by atoms with Crippen molar-refractivity contribution in [3.8, 4) is 5.75 Å². The largest absolute Gasteiger partial charge is 0.494 e. The SMILES string of the molecule is CCCCOc1ccc(NC(=O)[C@](C)(CCC)OCCC)cc1. The average Bonchev–Trinajstić information content (AvgIpc) is 2.55. The molecule has 0 radical (unpaired) electrons. The summed E-state index contributed by atoms with van der Waals surface area (Å²) >= 11 is 0. The van der Waals surface area contributed by atoms with Gasteiger partial charge < -0.3 is 14.8 Å². The lowest BCUT2D eigenvalue weighted by atomic mass is 9.99. The number of amides is 1. The number of rotatable bonds is 11. The molecule has 0 spiro atoms. The van der Waals surface area contributed by atoms with Gasteiger partial charge in [0.1, 0.15) is 11.4 Å². The summed E-state index contributed by atoms with van der Waals surface area (Å²) in [6, 6.07) is 7.50. The molecule has 1 rings (SSSR count). The van der Waals surface area contributed by atoms with E-state index in [1.165, 1.54) is 0 Å². The van der Waals surface area contributed by atoms with Gasteiger partial charge in [-0.15, -0.1) is 0 Å². The fourth-order valence-corrected chi connectivity index (χ4v) is 2.29. The Morgan fingerprint density at radius 2 is 1.74 bits per heavy atom. The van der Waals surface area contributed by atoms with Crippen LogP contribution in [0.5, 0.6) is 5.75 Å². The Kier molecular flexibility index (Phi) is 8.70. The van der Waals surface area contributed by atoms with Crippen molar-refractivity contribution in [3.05, 3.63) is 24.3 Å². The molecule has 1 amide bonds. The zero-order valence-corrected chi connectivity index (χ0v) is 15.0. The van der Waals surface area contributed by atoms with Gasteiger partial charge in [-0.3, -0.25) is 4.79 Å². The van der Waals surface area contributed by atoms with E-state index in [2.05, 4.69) is 19.2 Å². The second-order valence-corrected chi connectivity index (χ2v) is 6.01. The van der Waals surface area contributed by atoms with Crippen molar-refractivity contribution in [2.45, 2.75) is 65.4 Å². The van der Waals surface area contributed by atoms with Crippen molar-refractivity contribution >= 4 is 11.6 Å². The summed E-state index contributed by atoms with van der Waals surface area (Å²) in [7, 11) is 0. The number of carbonyl (C=O) groups is 1. The smallest absolute Gasteiger partial charge is 0.256 e. The van der Waals surface area contributed by atoms with Gasteiger partial charge in [-0.1, -0.05) is 33.6 Å². The molecule has 0 aromatic heterocycles. The van der Waals surface area contributed by atoms with Crippen molar-refractivity contribution < 1.29 is 14.3 Å².